The number of nitrogens with one attached hydrogen (secondary N) is 1. The van der Waals surface area contributed by atoms with Crippen LogP contribution in [0.25, 0.3) is 0 Å². The van der Waals surface area contributed by atoms with Gasteiger partial charge >= 0.3 is 6.03 Å². The van der Waals surface area contributed by atoms with Crippen molar-refractivity contribution in [3.05, 3.63) is 0 Å². The van der Waals surface area contributed by atoms with E-state index < -0.39 is 6.03 Å². The van der Waals surface area contributed by atoms with E-state index in [1.165, 1.54) is 0 Å². The van der Waals surface area contributed by atoms with Crippen molar-refractivity contribution >= 4 is 12.2 Å². The maximum atomic E-state index is 10.1. The van der Waals surface area contributed by atoms with Gasteiger partial charge < -0.3 is 5.73 Å². The van der Waals surface area contributed by atoms with Crippen LogP contribution in [0.5, 0.6) is 0 Å². The molecule has 0 aliphatic heterocycles. The van der Waals surface area contributed by atoms with Gasteiger partial charge in [-0.05, 0) is 11.8 Å². The van der Waals surface area contributed by atoms with Crippen LogP contribution in [-0.2, 0) is 0 Å². The van der Waals surface area contributed by atoms with E-state index in [1.807, 2.05) is 6.92 Å². The predicted octanol–water partition coefficient (Wildman–Crippen LogP) is 0.933. The maximum absolute atomic E-state index is 10.1. The van der Waals surface area contributed by atoms with Crippen molar-refractivity contribution in [2.75, 3.05) is 0 Å². The molecule has 0 aliphatic rings. The van der Waals surface area contributed by atoms with E-state index in [-0.39, 0.29) is 0 Å². The highest BCUT2D eigenvalue weighted by atomic mass is 16.2. The second-order valence-corrected chi connectivity index (χ2v) is 2.86. The first-order valence-electron chi connectivity index (χ1n) is 3.62. The fourth-order valence-electron chi connectivity index (χ4n) is 0.391. The van der Waals surface area contributed by atoms with E-state index in [0.717, 1.165) is 0 Å². The van der Waals surface area contributed by atoms with Gasteiger partial charge in [0.15, 0.2) is 0 Å². The van der Waals surface area contributed by atoms with Gasteiger partial charge in [-0.15, -0.1) is 0 Å². The average Bonchev–Trinajstić information content (AvgIpc) is 1.86. The summed E-state index contributed by atoms with van der Waals surface area (Å²) in [6, 6.07) is -0.628. The Morgan fingerprint density at radius 3 is 2.45 bits per heavy atom. The quantitative estimate of drug-likeness (QED) is 0.464. The molecule has 0 unspecified atom stereocenters. The molecule has 0 radical (unpaired) electrons. The number of rotatable bonds is 3. The molecule has 0 aromatic carbocycles. The van der Waals surface area contributed by atoms with Crippen molar-refractivity contribution < 1.29 is 4.79 Å². The number of primary amides is 1. The molecule has 4 nitrogen and oxygen atoms in total. The molecule has 11 heavy (non-hydrogen) atoms. The van der Waals surface area contributed by atoms with Crippen LogP contribution in [0.15, 0.2) is 5.10 Å². The highest BCUT2D eigenvalue weighted by Crippen LogP contribution is 2.05. The molecule has 3 N–H and O–H groups in total. The minimum Gasteiger partial charge on any atom is -0.350 e. The molecular weight excluding hydrogens is 142 g/mol. The van der Waals surface area contributed by atoms with Gasteiger partial charge in [0.05, 0.1) is 0 Å². The van der Waals surface area contributed by atoms with Crippen LogP contribution in [0.3, 0.4) is 0 Å². The van der Waals surface area contributed by atoms with Crippen LogP contribution in [0.4, 0.5) is 4.79 Å². The van der Waals surface area contributed by atoms with Crippen molar-refractivity contribution in [2.24, 2.45) is 22.7 Å². The van der Waals surface area contributed by atoms with Crippen LogP contribution in [-0.4, -0.2) is 12.2 Å². The van der Waals surface area contributed by atoms with E-state index >= 15 is 0 Å². The van der Waals surface area contributed by atoms with E-state index in [0.29, 0.717) is 11.8 Å². The number of hydrogen-bond donors (Lipinski definition) is 2. The van der Waals surface area contributed by atoms with Crippen LogP contribution in [0, 0.1) is 11.8 Å². The third-order valence-corrected chi connectivity index (χ3v) is 1.54. The molecule has 0 fully saturated rings. The number of hydrazone groups is 1. The Kier molecular flexibility index (Phi) is 4.26. The SMILES string of the molecule is CC(C)[C@@H](C)/C=N/NC(N)=O. The van der Waals surface area contributed by atoms with E-state index in [2.05, 4.69) is 24.4 Å². The molecule has 0 saturated heterocycles. The summed E-state index contributed by atoms with van der Waals surface area (Å²) in [4.78, 5) is 10.1. The number of hydrogen-bond acceptors (Lipinski definition) is 2. The van der Waals surface area contributed by atoms with Crippen molar-refractivity contribution in [3.8, 4) is 0 Å². The fraction of sp³-hybridized carbons (Fsp3) is 0.714. The average molecular weight is 157 g/mol. The summed E-state index contributed by atoms with van der Waals surface area (Å²) in [5.74, 6) is 0.871. The summed E-state index contributed by atoms with van der Waals surface area (Å²) >= 11 is 0. The Morgan fingerprint density at radius 2 is 2.09 bits per heavy atom. The van der Waals surface area contributed by atoms with Gasteiger partial charge in [-0.1, -0.05) is 20.8 Å². The van der Waals surface area contributed by atoms with Gasteiger partial charge in [0.1, 0.15) is 0 Å². The van der Waals surface area contributed by atoms with E-state index in [9.17, 15) is 4.79 Å². The minimum absolute atomic E-state index is 0.349. The smallest absolute Gasteiger partial charge is 0.332 e. The topological polar surface area (TPSA) is 67.5 Å². The zero-order valence-electron chi connectivity index (χ0n) is 7.16. The van der Waals surface area contributed by atoms with Gasteiger partial charge in [-0.25, -0.2) is 10.2 Å². The first-order chi connectivity index (χ1) is 5.04. The molecule has 0 rings (SSSR count). The number of urea groups is 1. The first-order valence-corrected chi connectivity index (χ1v) is 3.62. The van der Waals surface area contributed by atoms with Crippen LogP contribution in [0.1, 0.15) is 20.8 Å². The van der Waals surface area contributed by atoms with Crippen LogP contribution < -0.4 is 11.2 Å². The molecule has 0 spiro atoms. The molecular formula is C7H15N3O. The molecule has 0 aromatic rings. The summed E-state index contributed by atoms with van der Waals surface area (Å²) < 4.78 is 0. The number of carbonyl (C=O) groups excluding carboxylic acids is 1. The third-order valence-electron chi connectivity index (χ3n) is 1.54. The summed E-state index contributed by atoms with van der Waals surface area (Å²) in [5, 5.41) is 3.64. The molecule has 64 valence electrons. The number of amides is 2. The lowest BCUT2D eigenvalue weighted by Crippen LogP contribution is -2.25. The highest BCUT2D eigenvalue weighted by molar-refractivity contribution is 5.73. The van der Waals surface area contributed by atoms with Gasteiger partial charge in [-0.3, -0.25) is 0 Å². The van der Waals surface area contributed by atoms with E-state index in [1.54, 1.807) is 6.21 Å². The molecule has 0 aromatic heterocycles. The molecule has 4 heteroatoms. The van der Waals surface area contributed by atoms with Gasteiger partial charge in [0.25, 0.3) is 0 Å². The van der Waals surface area contributed by atoms with Gasteiger partial charge in [0.2, 0.25) is 0 Å². The second kappa shape index (κ2) is 4.71. The summed E-state index contributed by atoms with van der Waals surface area (Å²) in [5.41, 5.74) is 6.93. The lowest BCUT2D eigenvalue weighted by atomic mass is 10.0. The second-order valence-electron chi connectivity index (χ2n) is 2.86. The normalized spacial score (nSPS) is 13.8. The minimum atomic E-state index is -0.628. The Bertz CT molecular complexity index is 154. The molecule has 0 aliphatic carbocycles. The van der Waals surface area contributed by atoms with Gasteiger partial charge in [-0.2, -0.15) is 5.10 Å². The van der Waals surface area contributed by atoms with E-state index in [4.69, 9.17) is 5.73 Å². The van der Waals surface area contributed by atoms with Crippen molar-refractivity contribution in [2.45, 2.75) is 20.8 Å². The summed E-state index contributed by atoms with van der Waals surface area (Å²) in [6.45, 7) is 6.19. The lowest BCUT2D eigenvalue weighted by molar-refractivity contribution is 0.249. The standard InChI is InChI=1S/C7H15N3O/c1-5(2)6(3)4-9-10-7(8)11/h4-6H,1-3H3,(H3,8,10,11)/b9-4+/t6-/m0/s1. The van der Waals surface area contributed by atoms with Crippen molar-refractivity contribution in [1.82, 2.24) is 5.43 Å². The van der Waals surface area contributed by atoms with Crippen molar-refractivity contribution in [3.63, 3.8) is 0 Å². The molecule has 0 saturated carbocycles. The third kappa shape index (κ3) is 5.39. The molecule has 0 heterocycles. The maximum Gasteiger partial charge on any atom is 0.332 e. The Morgan fingerprint density at radius 1 is 1.55 bits per heavy atom. The summed E-state index contributed by atoms with van der Waals surface area (Å²) in [7, 11) is 0. The predicted molar refractivity (Wildman–Crippen MR) is 45.2 cm³/mol. The number of carbonyl (C=O) groups is 1. The monoisotopic (exact) mass is 157 g/mol. The highest BCUT2D eigenvalue weighted by Gasteiger charge is 2.02. The van der Waals surface area contributed by atoms with Crippen LogP contribution in [0.2, 0.25) is 0 Å². The van der Waals surface area contributed by atoms with Crippen molar-refractivity contribution in [1.29, 1.82) is 0 Å². The Balaban J connectivity index is 3.65. The zero-order valence-corrected chi connectivity index (χ0v) is 7.16. The first kappa shape index (κ1) is 9.94. The fourth-order valence-corrected chi connectivity index (χ4v) is 0.391. The Hall–Kier alpha value is -1.06. The number of nitrogens with two attached hydrogens (primary N) is 1. The molecule has 2 amide bonds. The number of nitrogens with zero attached hydrogens (tertiary/aromatic N) is 1. The largest absolute Gasteiger partial charge is 0.350 e. The lowest BCUT2D eigenvalue weighted by Gasteiger charge is -2.07. The molecule has 0 bridgehead atoms. The zero-order chi connectivity index (χ0) is 8.85. The summed E-state index contributed by atoms with van der Waals surface area (Å²) in [6.07, 6.45) is 1.68. The Labute approximate surface area is 66.8 Å². The van der Waals surface area contributed by atoms with Gasteiger partial charge in [0, 0.05) is 6.21 Å². The van der Waals surface area contributed by atoms with Crippen LogP contribution >= 0.6 is 0 Å². The molecule has 1 atom stereocenters.